The zero-order valence-corrected chi connectivity index (χ0v) is 22.3. The first-order chi connectivity index (χ1) is 17.4. The van der Waals surface area contributed by atoms with Crippen LogP contribution >= 0.6 is 0 Å². The molecule has 1 aliphatic heterocycles. The van der Waals surface area contributed by atoms with Crippen LogP contribution in [0, 0.1) is 5.92 Å². The third-order valence-corrected chi connectivity index (χ3v) is 8.07. The Balaban J connectivity index is 1.44. The second kappa shape index (κ2) is 10.5. The van der Waals surface area contributed by atoms with E-state index in [1.54, 1.807) is 0 Å². The lowest BCUT2D eigenvalue weighted by Crippen LogP contribution is -2.45. The Labute approximate surface area is 217 Å². The number of benzene rings is 3. The van der Waals surface area contributed by atoms with Crippen molar-refractivity contribution in [2.75, 3.05) is 0 Å². The fraction of sp³-hybridized carbons (Fsp3) is 0.412. The molecule has 2 heteroatoms. The standard InChI is InChI=1S/C34H40O2/c1-5-6-8-11-26-21-31(35-23-25-15-17-28(18-16-25)27-12-9-7-10-13-27)33-29-20-24(2)14-19-30(29)34(3,4)36-32(33)22-26/h7,9-10,12-18,21-22,29-30H,5-6,8,11,19-20,23H2,1-4H3. The molecule has 0 saturated carbocycles. The summed E-state index contributed by atoms with van der Waals surface area (Å²) in [5, 5.41) is 0. The highest BCUT2D eigenvalue weighted by molar-refractivity contribution is 5.63. The molecule has 3 aromatic rings. The van der Waals surface area contributed by atoms with Crippen molar-refractivity contribution in [1.29, 1.82) is 0 Å². The first-order valence-electron chi connectivity index (χ1n) is 13.7. The third-order valence-electron chi connectivity index (χ3n) is 8.07. The number of allylic oxidation sites excluding steroid dienone is 2. The zero-order valence-electron chi connectivity index (χ0n) is 22.3. The molecule has 188 valence electrons. The Kier molecular flexibility index (Phi) is 7.23. The molecule has 0 fully saturated rings. The van der Waals surface area contributed by atoms with Gasteiger partial charge in [-0.15, -0.1) is 0 Å². The van der Waals surface area contributed by atoms with Gasteiger partial charge >= 0.3 is 0 Å². The highest BCUT2D eigenvalue weighted by Crippen LogP contribution is 2.54. The van der Waals surface area contributed by atoms with Gasteiger partial charge in [-0.3, -0.25) is 0 Å². The molecule has 0 radical (unpaired) electrons. The van der Waals surface area contributed by atoms with Crippen LogP contribution in [0.2, 0.25) is 0 Å². The van der Waals surface area contributed by atoms with Gasteiger partial charge in [0.25, 0.3) is 0 Å². The summed E-state index contributed by atoms with van der Waals surface area (Å²) < 4.78 is 13.4. The lowest BCUT2D eigenvalue weighted by molar-refractivity contribution is 0.00715. The third kappa shape index (κ3) is 5.24. The lowest BCUT2D eigenvalue weighted by atomic mass is 9.67. The number of hydrogen-bond acceptors (Lipinski definition) is 2. The highest BCUT2D eigenvalue weighted by Gasteiger charge is 2.45. The summed E-state index contributed by atoms with van der Waals surface area (Å²) in [5.74, 6) is 2.96. The molecule has 1 aliphatic carbocycles. The second-order valence-electron chi connectivity index (χ2n) is 11.2. The normalized spacial score (nSPS) is 20.1. The molecule has 2 unspecified atom stereocenters. The molecule has 0 saturated heterocycles. The smallest absolute Gasteiger partial charge is 0.127 e. The van der Waals surface area contributed by atoms with E-state index in [4.69, 9.17) is 9.47 Å². The number of rotatable bonds is 8. The molecule has 0 spiro atoms. The van der Waals surface area contributed by atoms with Gasteiger partial charge in [0.2, 0.25) is 0 Å². The minimum atomic E-state index is -0.179. The first-order valence-corrected chi connectivity index (χ1v) is 13.7. The van der Waals surface area contributed by atoms with Gasteiger partial charge in [-0.25, -0.2) is 0 Å². The molecular formula is C34H40O2. The number of fused-ring (bicyclic) bond motifs is 3. The van der Waals surface area contributed by atoms with E-state index in [2.05, 4.69) is 101 Å². The van der Waals surface area contributed by atoms with E-state index in [9.17, 15) is 0 Å². The Hall–Kier alpha value is -3.00. The summed E-state index contributed by atoms with van der Waals surface area (Å²) >= 11 is 0. The van der Waals surface area contributed by atoms with Crippen LogP contribution < -0.4 is 9.47 Å². The predicted octanol–water partition coefficient (Wildman–Crippen LogP) is 9.28. The average molecular weight is 481 g/mol. The summed E-state index contributed by atoms with van der Waals surface area (Å²) in [4.78, 5) is 0. The number of unbranched alkanes of at least 4 members (excludes halogenated alkanes) is 2. The molecule has 2 aliphatic rings. The fourth-order valence-electron chi connectivity index (χ4n) is 6.03. The maximum atomic E-state index is 6.72. The van der Waals surface area contributed by atoms with E-state index in [-0.39, 0.29) is 5.60 Å². The van der Waals surface area contributed by atoms with Gasteiger partial charge in [0.1, 0.15) is 23.7 Å². The SMILES string of the molecule is CCCCCc1cc(OCc2ccc(-c3ccccc3)cc2)c2c(c1)OC(C)(C)C1CC=C(C)CC21. The van der Waals surface area contributed by atoms with Gasteiger partial charge in [0, 0.05) is 17.4 Å². The van der Waals surface area contributed by atoms with E-state index in [0.717, 1.165) is 30.8 Å². The molecule has 0 bridgehead atoms. The van der Waals surface area contributed by atoms with E-state index < -0.39 is 0 Å². The monoisotopic (exact) mass is 480 g/mol. The van der Waals surface area contributed by atoms with Crippen molar-refractivity contribution in [1.82, 2.24) is 0 Å². The number of ether oxygens (including phenoxy) is 2. The van der Waals surface area contributed by atoms with Crippen molar-refractivity contribution < 1.29 is 9.47 Å². The van der Waals surface area contributed by atoms with Crippen molar-refractivity contribution in [3.63, 3.8) is 0 Å². The van der Waals surface area contributed by atoms with Crippen molar-refractivity contribution in [2.45, 2.75) is 84.3 Å². The van der Waals surface area contributed by atoms with Crippen LogP contribution in [-0.2, 0) is 13.0 Å². The van der Waals surface area contributed by atoms with E-state index >= 15 is 0 Å². The Morgan fingerprint density at radius 3 is 2.42 bits per heavy atom. The fourth-order valence-corrected chi connectivity index (χ4v) is 6.03. The molecule has 3 aromatic carbocycles. The van der Waals surface area contributed by atoms with Gasteiger partial charge < -0.3 is 9.47 Å². The second-order valence-corrected chi connectivity index (χ2v) is 11.2. The van der Waals surface area contributed by atoms with Crippen LogP contribution in [0.15, 0.2) is 78.4 Å². The maximum Gasteiger partial charge on any atom is 0.127 e. The van der Waals surface area contributed by atoms with Crippen LogP contribution in [0.3, 0.4) is 0 Å². The Bertz CT molecular complexity index is 1200. The van der Waals surface area contributed by atoms with Crippen molar-refractivity contribution in [3.8, 4) is 22.6 Å². The number of hydrogen-bond donors (Lipinski definition) is 0. The highest BCUT2D eigenvalue weighted by atomic mass is 16.5. The molecule has 2 atom stereocenters. The first kappa shape index (κ1) is 24.7. The van der Waals surface area contributed by atoms with Gasteiger partial charge in [0.05, 0.1) is 0 Å². The quantitative estimate of drug-likeness (QED) is 0.236. The molecule has 0 aromatic heterocycles. The summed E-state index contributed by atoms with van der Waals surface area (Å²) in [6, 6.07) is 23.9. The maximum absolute atomic E-state index is 6.72. The predicted molar refractivity (Wildman–Crippen MR) is 150 cm³/mol. The van der Waals surface area contributed by atoms with Crippen LogP contribution in [0.25, 0.3) is 11.1 Å². The Morgan fingerprint density at radius 2 is 1.67 bits per heavy atom. The topological polar surface area (TPSA) is 18.5 Å². The van der Waals surface area contributed by atoms with Crippen molar-refractivity contribution in [3.05, 3.63) is 95.1 Å². The minimum absolute atomic E-state index is 0.179. The van der Waals surface area contributed by atoms with Crippen molar-refractivity contribution >= 4 is 0 Å². The van der Waals surface area contributed by atoms with Crippen LogP contribution in [-0.4, -0.2) is 5.60 Å². The number of aryl methyl sites for hydroxylation is 1. The van der Waals surface area contributed by atoms with Crippen molar-refractivity contribution in [2.24, 2.45) is 5.92 Å². The van der Waals surface area contributed by atoms with Crippen LogP contribution in [0.4, 0.5) is 0 Å². The van der Waals surface area contributed by atoms with Gasteiger partial charge in [-0.05, 0) is 80.8 Å². The van der Waals surface area contributed by atoms with Gasteiger partial charge in [0.15, 0.2) is 0 Å². The molecule has 5 rings (SSSR count). The molecule has 2 nitrogen and oxygen atoms in total. The Morgan fingerprint density at radius 1 is 0.917 bits per heavy atom. The summed E-state index contributed by atoms with van der Waals surface area (Å²) in [7, 11) is 0. The van der Waals surface area contributed by atoms with Gasteiger partial charge in [-0.1, -0.05) is 86.0 Å². The minimum Gasteiger partial charge on any atom is -0.488 e. The van der Waals surface area contributed by atoms with Gasteiger partial charge in [-0.2, -0.15) is 0 Å². The largest absolute Gasteiger partial charge is 0.488 e. The molecule has 36 heavy (non-hydrogen) atoms. The summed E-state index contributed by atoms with van der Waals surface area (Å²) in [5.41, 5.74) is 7.58. The summed E-state index contributed by atoms with van der Waals surface area (Å²) in [6.45, 7) is 9.62. The van der Waals surface area contributed by atoms with E-state index in [0.29, 0.717) is 18.4 Å². The molecule has 1 heterocycles. The zero-order chi connectivity index (χ0) is 25.1. The summed E-state index contributed by atoms with van der Waals surface area (Å²) in [6.07, 6.45) is 9.32. The van der Waals surface area contributed by atoms with E-state index in [1.165, 1.54) is 52.7 Å². The van der Waals surface area contributed by atoms with E-state index in [1.807, 2.05) is 0 Å². The molecule has 0 N–H and O–H groups in total. The average Bonchev–Trinajstić information content (AvgIpc) is 2.87. The van der Waals surface area contributed by atoms with Crippen LogP contribution in [0.1, 0.15) is 82.4 Å². The lowest BCUT2D eigenvalue weighted by Gasteiger charge is -2.47. The molecular weight excluding hydrogens is 440 g/mol. The van der Waals surface area contributed by atoms with Crippen LogP contribution in [0.5, 0.6) is 11.5 Å². The molecule has 0 amide bonds.